The first-order valence-corrected chi connectivity index (χ1v) is 7.76. The van der Waals surface area contributed by atoms with E-state index in [9.17, 15) is 4.79 Å². The molecule has 0 unspecified atom stereocenters. The van der Waals surface area contributed by atoms with Crippen molar-refractivity contribution in [2.24, 2.45) is 0 Å². The summed E-state index contributed by atoms with van der Waals surface area (Å²) < 4.78 is 6.79. The van der Waals surface area contributed by atoms with Gasteiger partial charge in [-0.15, -0.1) is 0 Å². The Kier molecular flexibility index (Phi) is 3.91. The number of carbonyl (C=O) groups excluding carboxylic acids is 1. The quantitative estimate of drug-likeness (QED) is 0.597. The molecular weight excluding hydrogens is 320 g/mol. The van der Waals surface area contributed by atoms with Crippen molar-refractivity contribution in [1.29, 1.82) is 0 Å². The second kappa shape index (κ2) is 6.52. The van der Waals surface area contributed by atoms with Crippen LogP contribution in [0.15, 0.2) is 59.4 Å². The zero-order valence-corrected chi connectivity index (χ0v) is 13.2. The highest BCUT2D eigenvalue weighted by Crippen LogP contribution is 2.12. The van der Waals surface area contributed by atoms with Gasteiger partial charge < -0.3 is 9.84 Å². The average molecular weight is 334 g/mol. The molecule has 0 aliphatic rings. The van der Waals surface area contributed by atoms with Crippen LogP contribution in [0.3, 0.4) is 0 Å². The molecule has 0 atom stereocenters. The molecule has 0 spiro atoms. The summed E-state index contributed by atoms with van der Waals surface area (Å²) in [5.74, 6) is 0.667. The first kappa shape index (κ1) is 15.0. The zero-order valence-electron chi connectivity index (χ0n) is 13.2. The van der Waals surface area contributed by atoms with E-state index in [2.05, 4.69) is 25.5 Å². The minimum atomic E-state index is -0.209. The monoisotopic (exact) mass is 334 g/mol. The number of nitrogens with one attached hydrogen (secondary N) is 1. The number of aromatic nitrogens is 5. The molecule has 0 fully saturated rings. The molecule has 25 heavy (non-hydrogen) atoms. The lowest BCUT2D eigenvalue weighted by atomic mass is 10.3. The van der Waals surface area contributed by atoms with Crippen LogP contribution in [-0.2, 0) is 6.42 Å². The van der Waals surface area contributed by atoms with E-state index < -0.39 is 0 Å². The smallest absolute Gasteiger partial charge is 0.269 e. The predicted molar refractivity (Wildman–Crippen MR) is 88.8 cm³/mol. The van der Waals surface area contributed by atoms with E-state index in [-0.39, 0.29) is 5.91 Å². The molecule has 0 saturated heterocycles. The maximum Gasteiger partial charge on any atom is 0.269 e. The van der Waals surface area contributed by atoms with Gasteiger partial charge in [0.2, 0.25) is 11.7 Å². The first-order valence-electron chi connectivity index (χ1n) is 7.76. The highest BCUT2D eigenvalue weighted by molar-refractivity contribution is 5.93. The molecule has 4 aromatic rings. The molecule has 0 aromatic carbocycles. The van der Waals surface area contributed by atoms with Gasteiger partial charge in [-0.2, -0.15) is 10.1 Å². The number of rotatable bonds is 5. The third kappa shape index (κ3) is 3.09. The molecule has 1 amide bonds. The van der Waals surface area contributed by atoms with Crippen molar-refractivity contribution in [3.63, 3.8) is 0 Å². The van der Waals surface area contributed by atoms with Crippen LogP contribution in [0.25, 0.3) is 17.0 Å². The van der Waals surface area contributed by atoms with Crippen LogP contribution in [0.4, 0.5) is 0 Å². The molecule has 8 heteroatoms. The van der Waals surface area contributed by atoms with Gasteiger partial charge in [-0.1, -0.05) is 17.3 Å². The molecule has 4 rings (SSSR count). The Morgan fingerprint density at radius 2 is 2.08 bits per heavy atom. The molecule has 124 valence electrons. The number of pyridine rings is 2. The topological polar surface area (TPSA) is 98.2 Å². The van der Waals surface area contributed by atoms with Gasteiger partial charge >= 0.3 is 0 Å². The second-order valence-corrected chi connectivity index (χ2v) is 5.31. The van der Waals surface area contributed by atoms with Crippen LogP contribution < -0.4 is 5.32 Å². The molecule has 4 heterocycles. The van der Waals surface area contributed by atoms with Crippen molar-refractivity contribution >= 4 is 11.4 Å². The minimum absolute atomic E-state index is 0.209. The summed E-state index contributed by atoms with van der Waals surface area (Å²) in [5, 5.41) is 10.9. The lowest BCUT2D eigenvalue weighted by Crippen LogP contribution is -2.27. The fourth-order valence-electron chi connectivity index (χ4n) is 2.45. The van der Waals surface area contributed by atoms with Crippen molar-refractivity contribution in [2.45, 2.75) is 6.42 Å². The SMILES string of the molecule is O=C(NCCc1nc(-c2ccccn2)no1)c1cccc2ccnn12. The molecule has 1 N–H and O–H groups in total. The molecular formula is C17H14N6O2. The summed E-state index contributed by atoms with van der Waals surface area (Å²) in [6.45, 7) is 0.375. The number of hydrogen-bond acceptors (Lipinski definition) is 6. The number of hydrogen-bond donors (Lipinski definition) is 1. The van der Waals surface area contributed by atoms with Gasteiger partial charge in [0.1, 0.15) is 11.4 Å². The van der Waals surface area contributed by atoms with Gasteiger partial charge in [0.05, 0.1) is 11.7 Å². The normalized spacial score (nSPS) is 10.9. The highest BCUT2D eigenvalue weighted by atomic mass is 16.5. The Morgan fingerprint density at radius 1 is 1.12 bits per heavy atom. The second-order valence-electron chi connectivity index (χ2n) is 5.31. The van der Waals surface area contributed by atoms with E-state index in [1.165, 1.54) is 0 Å². The predicted octanol–water partition coefficient (Wildman–Crippen LogP) is 1.75. The van der Waals surface area contributed by atoms with E-state index in [4.69, 9.17) is 4.52 Å². The van der Waals surface area contributed by atoms with Gasteiger partial charge in [0.25, 0.3) is 5.91 Å². The van der Waals surface area contributed by atoms with Crippen molar-refractivity contribution < 1.29 is 9.32 Å². The summed E-state index contributed by atoms with van der Waals surface area (Å²) in [7, 11) is 0. The molecule has 0 aliphatic heterocycles. The Morgan fingerprint density at radius 3 is 2.96 bits per heavy atom. The van der Waals surface area contributed by atoms with Gasteiger partial charge in [0.15, 0.2) is 0 Å². The van der Waals surface area contributed by atoms with Crippen molar-refractivity contribution in [1.82, 2.24) is 30.1 Å². The van der Waals surface area contributed by atoms with Crippen LogP contribution in [0.1, 0.15) is 16.4 Å². The van der Waals surface area contributed by atoms with Gasteiger partial charge in [-0.25, -0.2) is 4.52 Å². The van der Waals surface area contributed by atoms with Gasteiger partial charge in [0, 0.05) is 19.2 Å². The molecule has 0 aliphatic carbocycles. The Balaban J connectivity index is 1.39. The maximum absolute atomic E-state index is 12.3. The van der Waals surface area contributed by atoms with E-state index in [0.29, 0.717) is 36.1 Å². The maximum atomic E-state index is 12.3. The molecule has 0 radical (unpaired) electrons. The van der Waals surface area contributed by atoms with Gasteiger partial charge in [-0.3, -0.25) is 9.78 Å². The van der Waals surface area contributed by atoms with Crippen molar-refractivity contribution in [2.75, 3.05) is 6.54 Å². The van der Waals surface area contributed by atoms with Crippen molar-refractivity contribution in [3.05, 3.63) is 66.4 Å². The molecule has 0 bridgehead atoms. The van der Waals surface area contributed by atoms with Crippen LogP contribution in [0, 0.1) is 0 Å². The lowest BCUT2D eigenvalue weighted by molar-refractivity contribution is 0.0946. The fraction of sp³-hybridized carbons (Fsp3) is 0.118. The van der Waals surface area contributed by atoms with Crippen LogP contribution >= 0.6 is 0 Å². The van der Waals surface area contributed by atoms with Crippen LogP contribution in [0.5, 0.6) is 0 Å². The largest absolute Gasteiger partial charge is 0.350 e. The average Bonchev–Trinajstić information content (AvgIpc) is 3.31. The first-order chi connectivity index (χ1) is 12.3. The Bertz CT molecular complexity index is 1010. The number of nitrogens with zero attached hydrogens (tertiary/aromatic N) is 5. The number of fused-ring (bicyclic) bond motifs is 1. The van der Waals surface area contributed by atoms with E-state index in [1.54, 1.807) is 29.0 Å². The summed E-state index contributed by atoms with van der Waals surface area (Å²) in [4.78, 5) is 20.8. The zero-order chi connectivity index (χ0) is 17.1. The summed E-state index contributed by atoms with van der Waals surface area (Å²) in [6, 6.07) is 12.8. The molecule has 8 nitrogen and oxygen atoms in total. The Hall–Kier alpha value is -3.55. The number of amides is 1. The highest BCUT2D eigenvalue weighted by Gasteiger charge is 2.12. The van der Waals surface area contributed by atoms with E-state index in [1.807, 2.05) is 30.3 Å². The Labute approximate surface area is 142 Å². The summed E-state index contributed by atoms with van der Waals surface area (Å²) in [5.41, 5.74) is 1.98. The molecule has 0 saturated carbocycles. The minimum Gasteiger partial charge on any atom is -0.350 e. The summed E-state index contributed by atoms with van der Waals surface area (Å²) in [6.07, 6.45) is 3.76. The van der Waals surface area contributed by atoms with E-state index in [0.717, 1.165) is 5.52 Å². The third-order valence-electron chi connectivity index (χ3n) is 3.64. The summed E-state index contributed by atoms with van der Waals surface area (Å²) >= 11 is 0. The number of carbonyl (C=O) groups is 1. The molecule has 4 aromatic heterocycles. The van der Waals surface area contributed by atoms with Gasteiger partial charge in [-0.05, 0) is 30.3 Å². The van der Waals surface area contributed by atoms with E-state index >= 15 is 0 Å². The lowest BCUT2D eigenvalue weighted by Gasteiger charge is -2.05. The fourth-order valence-corrected chi connectivity index (χ4v) is 2.45. The standard InChI is InChI=1S/C17H14N6O2/c24-17(14-6-3-4-12-7-11-20-23(12)14)19-10-8-15-21-16(22-25-15)13-5-1-2-9-18-13/h1-7,9,11H,8,10H2,(H,19,24). The van der Waals surface area contributed by atoms with Crippen LogP contribution in [0.2, 0.25) is 0 Å². The van der Waals surface area contributed by atoms with Crippen molar-refractivity contribution in [3.8, 4) is 11.5 Å². The third-order valence-corrected chi connectivity index (χ3v) is 3.64. The van der Waals surface area contributed by atoms with Crippen LogP contribution in [-0.4, -0.2) is 37.2 Å².